The number of halogens is 1. The van der Waals surface area contributed by atoms with Gasteiger partial charge in [-0.1, -0.05) is 28.1 Å². The fourth-order valence-electron chi connectivity index (χ4n) is 3.17. The van der Waals surface area contributed by atoms with Crippen LogP contribution in [0.4, 0.5) is 0 Å². The molecule has 2 amide bonds. The quantitative estimate of drug-likeness (QED) is 0.565. The number of rotatable bonds is 9. The van der Waals surface area contributed by atoms with Gasteiger partial charge < -0.3 is 19.7 Å². The summed E-state index contributed by atoms with van der Waals surface area (Å²) in [6.07, 6.45) is 0. The van der Waals surface area contributed by atoms with Crippen LogP contribution in [-0.4, -0.2) is 42.5 Å². The van der Waals surface area contributed by atoms with Crippen LogP contribution >= 0.6 is 15.9 Å². The third-order valence-electron chi connectivity index (χ3n) is 4.86. The summed E-state index contributed by atoms with van der Waals surface area (Å²) in [5.41, 5.74) is 2.92. The van der Waals surface area contributed by atoms with Crippen LogP contribution in [0, 0.1) is 13.8 Å². The number of nitrogens with zero attached hydrogens (tertiary/aromatic N) is 1. The first-order chi connectivity index (χ1) is 14.6. The maximum Gasteiger partial charge on any atom is 0.261 e. The van der Waals surface area contributed by atoms with Crippen molar-refractivity contribution in [2.45, 2.75) is 53.2 Å². The van der Waals surface area contributed by atoms with E-state index in [4.69, 9.17) is 9.47 Å². The van der Waals surface area contributed by atoms with Gasteiger partial charge in [0.1, 0.15) is 17.5 Å². The van der Waals surface area contributed by atoms with Gasteiger partial charge in [-0.15, -0.1) is 0 Å². The molecule has 2 aromatic rings. The monoisotopic (exact) mass is 490 g/mol. The molecular weight excluding hydrogens is 460 g/mol. The van der Waals surface area contributed by atoms with E-state index in [9.17, 15) is 9.59 Å². The highest BCUT2D eigenvalue weighted by Crippen LogP contribution is 2.26. The molecule has 6 nitrogen and oxygen atoms in total. The summed E-state index contributed by atoms with van der Waals surface area (Å²) in [7, 11) is 1.59. The van der Waals surface area contributed by atoms with E-state index in [1.807, 2.05) is 64.1 Å². The highest BCUT2D eigenvalue weighted by Gasteiger charge is 2.27. The smallest absolute Gasteiger partial charge is 0.261 e. The molecule has 1 N–H and O–H groups in total. The van der Waals surface area contributed by atoms with Gasteiger partial charge >= 0.3 is 0 Å². The molecule has 0 spiro atoms. The van der Waals surface area contributed by atoms with E-state index < -0.39 is 6.04 Å². The van der Waals surface area contributed by atoms with Crippen molar-refractivity contribution in [1.29, 1.82) is 0 Å². The molecule has 168 valence electrons. The topological polar surface area (TPSA) is 67.9 Å². The van der Waals surface area contributed by atoms with Crippen molar-refractivity contribution in [1.82, 2.24) is 10.2 Å². The number of methoxy groups -OCH3 is 1. The predicted octanol–water partition coefficient (Wildman–Crippen LogP) is 4.40. The molecular formula is C24H31BrN2O4. The second kappa shape index (κ2) is 11.2. The molecule has 7 heteroatoms. The lowest BCUT2D eigenvalue weighted by Crippen LogP contribution is -2.50. The molecule has 0 saturated heterocycles. The number of hydrogen-bond acceptors (Lipinski definition) is 4. The Hall–Kier alpha value is -2.54. The van der Waals surface area contributed by atoms with Crippen LogP contribution in [0.1, 0.15) is 37.5 Å². The minimum Gasteiger partial charge on any atom is -0.497 e. The average Bonchev–Trinajstić information content (AvgIpc) is 2.73. The van der Waals surface area contributed by atoms with Gasteiger partial charge in [0.2, 0.25) is 5.91 Å². The van der Waals surface area contributed by atoms with Crippen molar-refractivity contribution in [2.75, 3.05) is 13.7 Å². The zero-order valence-corrected chi connectivity index (χ0v) is 20.6. The first kappa shape index (κ1) is 24.7. The summed E-state index contributed by atoms with van der Waals surface area (Å²) >= 11 is 3.53. The van der Waals surface area contributed by atoms with Crippen molar-refractivity contribution < 1.29 is 19.1 Å². The molecule has 31 heavy (non-hydrogen) atoms. The Morgan fingerprint density at radius 3 is 2.29 bits per heavy atom. The molecule has 0 fully saturated rings. The van der Waals surface area contributed by atoms with Gasteiger partial charge in [-0.05, 0) is 75.6 Å². The van der Waals surface area contributed by atoms with Crippen molar-refractivity contribution in [3.63, 3.8) is 0 Å². The predicted molar refractivity (Wildman–Crippen MR) is 125 cm³/mol. The zero-order valence-electron chi connectivity index (χ0n) is 19.0. The van der Waals surface area contributed by atoms with Gasteiger partial charge in [0.15, 0.2) is 6.61 Å². The van der Waals surface area contributed by atoms with E-state index in [1.165, 1.54) is 4.90 Å². The van der Waals surface area contributed by atoms with Crippen molar-refractivity contribution >= 4 is 27.7 Å². The van der Waals surface area contributed by atoms with Crippen LogP contribution in [0.5, 0.6) is 11.5 Å². The molecule has 0 aliphatic rings. The number of carbonyl (C=O) groups is 2. The molecule has 0 saturated carbocycles. The molecule has 1 atom stereocenters. The second-order valence-electron chi connectivity index (χ2n) is 7.87. The first-order valence-electron chi connectivity index (χ1n) is 10.2. The van der Waals surface area contributed by atoms with E-state index in [0.717, 1.165) is 21.2 Å². The summed E-state index contributed by atoms with van der Waals surface area (Å²) in [5.74, 6) is 0.836. The maximum atomic E-state index is 13.1. The lowest BCUT2D eigenvalue weighted by atomic mass is 10.1. The van der Waals surface area contributed by atoms with Crippen LogP contribution in [-0.2, 0) is 16.1 Å². The number of aryl methyl sites for hydroxylation is 2. The minimum atomic E-state index is -0.655. The summed E-state index contributed by atoms with van der Waals surface area (Å²) in [6, 6.07) is 10.5. The van der Waals surface area contributed by atoms with Crippen molar-refractivity contribution in [3.8, 4) is 11.5 Å². The van der Waals surface area contributed by atoms with Crippen LogP contribution in [0.2, 0.25) is 0 Å². The van der Waals surface area contributed by atoms with Gasteiger partial charge in [-0.3, -0.25) is 9.59 Å². The molecule has 2 rings (SSSR count). The molecule has 2 aromatic carbocycles. The SMILES string of the molecule is COc1cccc(CN(C(=O)COc2cc(C)c(Br)c(C)c2)[C@@H](C)C(=O)NC(C)C)c1. The Bertz CT molecular complexity index is 907. The number of ether oxygens (including phenoxy) is 2. The fourth-order valence-corrected chi connectivity index (χ4v) is 3.40. The third kappa shape index (κ3) is 6.99. The van der Waals surface area contributed by atoms with Crippen LogP contribution in [0.25, 0.3) is 0 Å². The zero-order chi connectivity index (χ0) is 23.1. The highest BCUT2D eigenvalue weighted by molar-refractivity contribution is 9.10. The summed E-state index contributed by atoms with van der Waals surface area (Å²) in [5, 5.41) is 2.88. The largest absolute Gasteiger partial charge is 0.497 e. The van der Waals surface area contributed by atoms with E-state index in [2.05, 4.69) is 21.2 Å². The maximum absolute atomic E-state index is 13.1. The van der Waals surface area contributed by atoms with E-state index in [0.29, 0.717) is 11.5 Å². The first-order valence-corrected chi connectivity index (χ1v) is 11.0. The molecule has 0 bridgehead atoms. The second-order valence-corrected chi connectivity index (χ2v) is 8.67. The molecule has 0 aliphatic carbocycles. The van der Waals surface area contributed by atoms with Gasteiger partial charge in [0, 0.05) is 17.1 Å². The van der Waals surface area contributed by atoms with Gasteiger partial charge in [0.05, 0.1) is 7.11 Å². The average molecular weight is 491 g/mol. The number of benzene rings is 2. The lowest BCUT2D eigenvalue weighted by Gasteiger charge is -2.29. The Labute approximate surface area is 193 Å². The normalized spacial score (nSPS) is 11.7. The molecule has 0 aliphatic heterocycles. The Balaban J connectivity index is 2.21. The number of carbonyl (C=O) groups excluding carboxylic acids is 2. The summed E-state index contributed by atoms with van der Waals surface area (Å²) in [4.78, 5) is 27.3. The standard InChI is InChI=1S/C24H31BrN2O4/c1-15(2)26-24(29)18(5)27(13-19-8-7-9-20(12-19)30-6)22(28)14-31-21-10-16(3)23(25)17(4)11-21/h7-12,15,18H,13-14H2,1-6H3,(H,26,29)/t18-/m0/s1. The summed E-state index contributed by atoms with van der Waals surface area (Å²) in [6.45, 7) is 9.55. The van der Waals surface area contributed by atoms with E-state index >= 15 is 0 Å². The number of nitrogens with one attached hydrogen (secondary N) is 1. The fraction of sp³-hybridized carbons (Fsp3) is 0.417. The van der Waals surface area contributed by atoms with Crippen LogP contribution in [0.3, 0.4) is 0 Å². The number of hydrogen-bond donors (Lipinski definition) is 1. The molecule has 0 aromatic heterocycles. The van der Waals surface area contributed by atoms with Gasteiger partial charge in [-0.2, -0.15) is 0 Å². The Morgan fingerprint density at radius 2 is 1.71 bits per heavy atom. The third-order valence-corrected chi connectivity index (χ3v) is 6.11. The van der Waals surface area contributed by atoms with E-state index in [-0.39, 0.29) is 31.0 Å². The van der Waals surface area contributed by atoms with E-state index in [1.54, 1.807) is 14.0 Å². The summed E-state index contributed by atoms with van der Waals surface area (Å²) < 4.78 is 12.1. The van der Waals surface area contributed by atoms with Crippen molar-refractivity contribution in [3.05, 3.63) is 57.6 Å². The highest BCUT2D eigenvalue weighted by atomic mass is 79.9. The Kier molecular flexibility index (Phi) is 8.92. The van der Waals surface area contributed by atoms with Crippen molar-refractivity contribution in [2.24, 2.45) is 0 Å². The molecule has 0 unspecified atom stereocenters. The number of amides is 2. The lowest BCUT2D eigenvalue weighted by molar-refractivity contribution is -0.142. The van der Waals surface area contributed by atoms with Gasteiger partial charge in [-0.25, -0.2) is 0 Å². The van der Waals surface area contributed by atoms with Crippen LogP contribution in [0.15, 0.2) is 40.9 Å². The minimum absolute atomic E-state index is 0.0197. The Morgan fingerprint density at radius 1 is 1.06 bits per heavy atom. The van der Waals surface area contributed by atoms with Gasteiger partial charge in [0.25, 0.3) is 5.91 Å². The molecule has 0 radical (unpaired) electrons. The molecule has 0 heterocycles. The van der Waals surface area contributed by atoms with Crippen LogP contribution < -0.4 is 14.8 Å².